The molecule has 1 N–H and O–H groups in total. The number of hydrogen-bond acceptors (Lipinski definition) is 6. The molecule has 9 heteroatoms. The van der Waals surface area contributed by atoms with Gasteiger partial charge in [0.25, 0.3) is 11.7 Å². The first-order valence-electron chi connectivity index (χ1n) is 10.1. The fourth-order valence-electron chi connectivity index (χ4n) is 3.97. The number of hydrogen-bond donors (Lipinski definition) is 1. The fraction of sp³-hybridized carbons (Fsp3) is 0.167. The van der Waals surface area contributed by atoms with E-state index in [1.54, 1.807) is 19.1 Å². The van der Waals surface area contributed by atoms with Crippen LogP contribution in [0, 0.1) is 18.6 Å². The monoisotopic (exact) mass is 453 g/mol. The minimum absolute atomic E-state index is 0.134. The van der Waals surface area contributed by atoms with E-state index in [2.05, 4.69) is 0 Å². The molecule has 2 aliphatic heterocycles. The van der Waals surface area contributed by atoms with E-state index in [0.29, 0.717) is 36.5 Å². The molecule has 0 aliphatic carbocycles. The van der Waals surface area contributed by atoms with Gasteiger partial charge in [0.2, 0.25) is 0 Å². The number of ether oxygens (including phenoxy) is 2. The average Bonchev–Trinajstić information content (AvgIpc) is 3.34. The molecule has 0 spiro atoms. The van der Waals surface area contributed by atoms with Gasteiger partial charge in [-0.25, -0.2) is 8.78 Å². The number of carbonyl (C=O) groups excluding carboxylic acids is 2. The molecule has 1 amide bonds. The number of furan rings is 1. The summed E-state index contributed by atoms with van der Waals surface area (Å²) in [6.07, 6.45) is 0. The van der Waals surface area contributed by atoms with Crippen molar-refractivity contribution < 1.29 is 37.4 Å². The molecule has 3 heterocycles. The number of amides is 1. The largest absolute Gasteiger partial charge is 0.507 e. The van der Waals surface area contributed by atoms with Gasteiger partial charge in [-0.3, -0.25) is 14.5 Å². The maximum absolute atomic E-state index is 14.7. The highest BCUT2D eigenvalue weighted by atomic mass is 19.1. The van der Waals surface area contributed by atoms with E-state index >= 15 is 0 Å². The SMILES string of the molecule is Cc1ccc(C2/C(=C(/O)c3ccc4c(c3)OCCO4)C(=O)C(=O)N2c2ccc(F)cc2F)o1. The van der Waals surface area contributed by atoms with Crippen LogP contribution >= 0.6 is 0 Å². The number of halogens is 2. The standard InChI is InChI=1S/C24H17F2NO6/c1-12-2-6-18(33-12)21-20(22(28)13-3-7-17-19(10-13)32-9-8-31-17)23(29)24(30)27(21)16-5-4-14(25)11-15(16)26/h2-7,10-11,21,28H,8-9H2,1H3/b22-20-. The molecule has 5 rings (SSSR count). The minimum Gasteiger partial charge on any atom is -0.507 e. The number of rotatable bonds is 3. The van der Waals surface area contributed by atoms with Crippen molar-refractivity contribution in [2.75, 3.05) is 18.1 Å². The van der Waals surface area contributed by atoms with Gasteiger partial charge in [0, 0.05) is 11.6 Å². The Kier molecular flexibility index (Phi) is 4.88. The molecule has 2 aromatic carbocycles. The normalized spacial score (nSPS) is 19.2. The molecule has 7 nitrogen and oxygen atoms in total. The molecule has 0 saturated carbocycles. The van der Waals surface area contributed by atoms with Crippen molar-refractivity contribution in [2.45, 2.75) is 13.0 Å². The van der Waals surface area contributed by atoms with E-state index in [9.17, 15) is 23.5 Å². The first-order valence-corrected chi connectivity index (χ1v) is 10.1. The molecule has 0 radical (unpaired) electrons. The second-order valence-corrected chi connectivity index (χ2v) is 7.57. The Hall–Kier alpha value is -4.14. The fourth-order valence-corrected chi connectivity index (χ4v) is 3.97. The summed E-state index contributed by atoms with van der Waals surface area (Å²) >= 11 is 0. The zero-order valence-corrected chi connectivity index (χ0v) is 17.3. The number of nitrogens with zero attached hydrogens (tertiary/aromatic N) is 1. The minimum atomic E-state index is -1.27. The summed E-state index contributed by atoms with van der Waals surface area (Å²) in [5, 5.41) is 11.1. The van der Waals surface area contributed by atoms with Gasteiger partial charge in [0.1, 0.15) is 48.2 Å². The molecule has 1 unspecified atom stereocenters. The van der Waals surface area contributed by atoms with Crippen LogP contribution in [-0.4, -0.2) is 30.0 Å². The van der Waals surface area contributed by atoms with Gasteiger partial charge in [-0.2, -0.15) is 0 Å². The number of benzene rings is 2. The summed E-state index contributed by atoms with van der Waals surface area (Å²) < 4.78 is 44.8. The first kappa shape index (κ1) is 20.7. The Morgan fingerprint density at radius 2 is 1.76 bits per heavy atom. The van der Waals surface area contributed by atoms with E-state index in [1.165, 1.54) is 18.2 Å². The number of fused-ring (bicyclic) bond motifs is 1. The van der Waals surface area contributed by atoms with E-state index in [4.69, 9.17) is 13.9 Å². The van der Waals surface area contributed by atoms with Crippen molar-refractivity contribution in [3.63, 3.8) is 0 Å². The maximum Gasteiger partial charge on any atom is 0.300 e. The summed E-state index contributed by atoms with van der Waals surface area (Å²) in [4.78, 5) is 26.9. The highest BCUT2D eigenvalue weighted by molar-refractivity contribution is 6.51. The van der Waals surface area contributed by atoms with Gasteiger partial charge in [-0.1, -0.05) is 0 Å². The Morgan fingerprint density at radius 3 is 2.45 bits per heavy atom. The lowest BCUT2D eigenvalue weighted by molar-refractivity contribution is -0.132. The molecule has 1 atom stereocenters. The van der Waals surface area contributed by atoms with Crippen molar-refractivity contribution in [1.29, 1.82) is 0 Å². The molecule has 1 fully saturated rings. The molecular weight excluding hydrogens is 436 g/mol. The molecule has 0 bridgehead atoms. The average molecular weight is 453 g/mol. The number of anilines is 1. The van der Waals surface area contributed by atoms with Gasteiger partial charge in [0.05, 0.1) is 11.3 Å². The van der Waals surface area contributed by atoms with Gasteiger partial charge in [-0.05, 0) is 49.4 Å². The van der Waals surface area contributed by atoms with Crippen LogP contribution in [0.1, 0.15) is 23.1 Å². The molecule has 2 aliphatic rings. The van der Waals surface area contributed by atoms with Crippen LogP contribution in [0.4, 0.5) is 14.5 Å². The lowest BCUT2D eigenvalue weighted by Gasteiger charge is -2.24. The molecular formula is C24H17F2NO6. The summed E-state index contributed by atoms with van der Waals surface area (Å²) in [5.74, 6) is -3.03. The second kappa shape index (κ2) is 7.77. The van der Waals surface area contributed by atoms with Crippen LogP contribution in [0.25, 0.3) is 5.76 Å². The molecule has 1 saturated heterocycles. The van der Waals surface area contributed by atoms with Gasteiger partial charge in [-0.15, -0.1) is 0 Å². The highest BCUT2D eigenvalue weighted by Crippen LogP contribution is 2.44. The number of carbonyl (C=O) groups is 2. The van der Waals surface area contributed by atoms with Crippen molar-refractivity contribution in [3.8, 4) is 11.5 Å². The summed E-state index contributed by atoms with van der Waals surface area (Å²) in [5.41, 5.74) is -0.418. The van der Waals surface area contributed by atoms with E-state index in [0.717, 1.165) is 17.0 Å². The number of aliphatic hydroxyl groups excluding tert-OH is 1. The Labute approximate surface area is 186 Å². The van der Waals surface area contributed by atoms with E-state index in [-0.39, 0.29) is 22.6 Å². The van der Waals surface area contributed by atoms with Crippen LogP contribution in [0.15, 0.2) is 58.5 Å². The lowest BCUT2D eigenvalue weighted by atomic mass is 9.99. The van der Waals surface area contributed by atoms with Crippen LogP contribution in [0.5, 0.6) is 11.5 Å². The van der Waals surface area contributed by atoms with E-state index < -0.39 is 35.1 Å². The molecule has 1 aromatic heterocycles. The van der Waals surface area contributed by atoms with Gasteiger partial charge < -0.3 is 19.0 Å². The summed E-state index contributed by atoms with van der Waals surface area (Å²) in [6.45, 7) is 2.36. The third-order valence-electron chi connectivity index (χ3n) is 5.46. The van der Waals surface area contributed by atoms with Crippen LogP contribution in [0.2, 0.25) is 0 Å². The van der Waals surface area contributed by atoms with E-state index in [1.807, 2.05) is 0 Å². The predicted octanol–water partition coefficient (Wildman–Crippen LogP) is 4.26. The first-order chi connectivity index (χ1) is 15.8. The quantitative estimate of drug-likeness (QED) is 0.362. The van der Waals surface area contributed by atoms with Crippen molar-refractivity contribution in [1.82, 2.24) is 0 Å². The van der Waals surface area contributed by atoms with Gasteiger partial charge in [0.15, 0.2) is 11.5 Å². The number of aryl methyl sites for hydroxylation is 1. The molecule has 168 valence electrons. The van der Waals surface area contributed by atoms with Gasteiger partial charge >= 0.3 is 0 Å². The lowest BCUT2D eigenvalue weighted by Crippen LogP contribution is -2.30. The Bertz CT molecular complexity index is 1330. The van der Waals surface area contributed by atoms with Crippen molar-refractivity contribution in [3.05, 3.63) is 82.8 Å². The van der Waals surface area contributed by atoms with Crippen molar-refractivity contribution in [2.24, 2.45) is 0 Å². The van der Waals surface area contributed by atoms with Crippen LogP contribution < -0.4 is 14.4 Å². The summed E-state index contributed by atoms with van der Waals surface area (Å²) in [6, 6.07) is 9.08. The Balaban J connectivity index is 1.70. The number of aliphatic hydroxyl groups is 1. The van der Waals surface area contributed by atoms with Crippen molar-refractivity contribution >= 4 is 23.1 Å². The number of Topliss-reactive ketones (excluding diaryl/α,β-unsaturated/α-hetero) is 1. The Morgan fingerprint density at radius 1 is 1.00 bits per heavy atom. The topological polar surface area (TPSA) is 89.2 Å². The number of ketones is 1. The third-order valence-corrected chi connectivity index (χ3v) is 5.46. The highest BCUT2D eigenvalue weighted by Gasteiger charge is 2.49. The predicted molar refractivity (Wildman–Crippen MR) is 112 cm³/mol. The molecule has 33 heavy (non-hydrogen) atoms. The summed E-state index contributed by atoms with van der Waals surface area (Å²) in [7, 11) is 0. The third kappa shape index (κ3) is 3.42. The van der Waals surface area contributed by atoms with Crippen LogP contribution in [0.3, 0.4) is 0 Å². The maximum atomic E-state index is 14.7. The zero-order valence-electron chi connectivity index (χ0n) is 17.3. The molecule has 3 aromatic rings. The zero-order chi connectivity index (χ0) is 23.3. The second-order valence-electron chi connectivity index (χ2n) is 7.57. The smallest absolute Gasteiger partial charge is 0.300 e. The van der Waals surface area contributed by atoms with Crippen LogP contribution in [-0.2, 0) is 9.59 Å².